The molecule has 0 radical (unpaired) electrons. The molecule has 0 fully saturated rings. The first kappa shape index (κ1) is 15.4. The van der Waals surface area contributed by atoms with Crippen molar-refractivity contribution in [3.05, 3.63) is 68.1 Å². The molecule has 0 aliphatic carbocycles. The van der Waals surface area contributed by atoms with Gasteiger partial charge in [-0.05, 0) is 26.3 Å². The van der Waals surface area contributed by atoms with Gasteiger partial charge in [0, 0.05) is 23.3 Å². The van der Waals surface area contributed by atoms with Crippen LogP contribution in [-0.4, -0.2) is 15.3 Å². The molecule has 0 unspecified atom stereocenters. The SMILES string of the molecule is Cc1cccc(CNC(=O)c2cnc3sc(C)c(C)n3c2=O)c1. The zero-order valence-corrected chi connectivity index (χ0v) is 14.0. The lowest BCUT2D eigenvalue weighted by atomic mass is 10.1. The van der Waals surface area contributed by atoms with Crippen molar-refractivity contribution in [3.63, 3.8) is 0 Å². The van der Waals surface area contributed by atoms with Gasteiger partial charge in [-0.25, -0.2) is 4.98 Å². The second kappa shape index (κ2) is 5.96. The monoisotopic (exact) mass is 327 g/mol. The molecule has 0 atom stereocenters. The molecule has 118 valence electrons. The van der Waals surface area contributed by atoms with Gasteiger partial charge in [0.1, 0.15) is 5.56 Å². The molecule has 3 rings (SSSR count). The van der Waals surface area contributed by atoms with E-state index in [2.05, 4.69) is 10.3 Å². The van der Waals surface area contributed by atoms with E-state index in [1.54, 1.807) is 0 Å². The maximum absolute atomic E-state index is 12.5. The molecule has 2 heterocycles. The fourth-order valence-electron chi connectivity index (χ4n) is 2.43. The van der Waals surface area contributed by atoms with Crippen LogP contribution in [0.1, 0.15) is 32.1 Å². The Morgan fingerprint density at radius 2 is 2.09 bits per heavy atom. The number of carbonyl (C=O) groups excluding carboxylic acids is 1. The predicted molar refractivity (Wildman–Crippen MR) is 91.2 cm³/mol. The molecular formula is C17H17N3O2S. The molecule has 0 saturated carbocycles. The number of aromatic nitrogens is 2. The summed E-state index contributed by atoms with van der Waals surface area (Å²) in [6, 6.07) is 7.88. The summed E-state index contributed by atoms with van der Waals surface area (Å²) in [5.41, 5.74) is 2.70. The van der Waals surface area contributed by atoms with E-state index in [1.807, 2.05) is 45.0 Å². The molecular weight excluding hydrogens is 310 g/mol. The van der Waals surface area contributed by atoms with Crippen molar-refractivity contribution in [1.29, 1.82) is 0 Å². The zero-order chi connectivity index (χ0) is 16.6. The van der Waals surface area contributed by atoms with Crippen LogP contribution in [0.3, 0.4) is 0 Å². The Labute approximate surface area is 137 Å². The highest BCUT2D eigenvalue weighted by Crippen LogP contribution is 2.18. The number of amides is 1. The van der Waals surface area contributed by atoms with Gasteiger partial charge >= 0.3 is 0 Å². The van der Waals surface area contributed by atoms with Crippen LogP contribution < -0.4 is 10.9 Å². The molecule has 0 spiro atoms. The van der Waals surface area contributed by atoms with E-state index in [1.165, 1.54) is 21.9 Å². The Bertz CT molecular complexity index is 956. The molecule has 0 aliphatic heterocycles. The third-order valence-corrected chi connectivity index (χ3v) is 4.87. The molecule has 0 bridgehead atoms. The van der Waals surface area contributed by atoms with Gasteiger partial charge in [0.15, 0.2) is 4.96 Å². The van der Waals surface area contributed by atoms with Gasteiger partial charge in [-0.1, -0.05) is 29.8 Å². The fourth-order valence-corrected chi connectivity index (χ4v) is 3.36. The lowest BCUT2D eigenvalue weighted by Crippen LogP contribution is -2.31. The summed E-state index contributed by atoms with van der Waals surface area (Å²) in [7, 11) is 0. The van der Waals surface area contributed by atoms with E-state index in [-0.39, 0.29) is 11.1 Å². The summed E-state index contributed by atoms with van der Waals surface area (Å²) >= 11 is 1.45. The first-order valence-corrected chi connectivity index (χ1v) is 8.10. The molecule has 1 amide bonds. The lowest BCUT2D eigenvalue weighted by Gasteiger charge is -2.06. The minimum Gasteiger partial charge on any atom is -0.348 e. The van der Waals surface area contributed by atoms with Gasteiger partial charge in [0.05, 0.1) is 0 Å². The van der Waals surface area contributed by atoms with Crippen molar-refractivity contribution in [1.82, 2.24) is 14.7 Å². The van der Waals surface area contributed by atoms with Crippen LogP contribution >= 0.6 is 11.3 Å². The Balaban J connectivity index is 1.88. The zero-order valence-electron chi connectivity index (χ0n) is 13.2. The van der Waals surface area contributed by atoms with E-state index >= 15 is 0 Å². The lowest BCUT2D eigenvalue weighted by molar-refractivity contribution is 0.0949. The Morgan fingerprint density at radius 1 is 1.30 bits per heavy atom. The predicted octanol–water partition coefficient (Wildman–Crippen LogP) is 2.61. The second-order valence-electron chi connectivity index (χ2n) is 5.51. The summed E-state index contributed by atoms with van der Waals surface area (Å²) < 4.78 is 1.50. The first-order chi connectivity index (χ1) is 11.0. The van der Waals surface area contributed by atoms with Gasteiger partial charge in [-0.3, -0.25) is 14.0 Å². The van der Waals surface area contributed by atoms with Gasteiger partial charge in [-0.15, -0.1) is 11.3 Å². The number of nitrogens with zero attached hydrogens (tertiary/aromatic N) is 2. The molecule has 6 heteroatoms. The average Bonchev–Trinajstić information content (AvgIpc) is 2.81. The molecule has 3 aromatic rings. The Morgan fingerprint density at radius 3 is 2.83 bits per heavy atom. The van der Waals surface area contributed by atoms with Crippen LogP contribution in [0.5, 0.6) is 0 Å². The highest BCUT2D eigenvalue weighted by molar-refractivity contribution is 7.17. The largest absolute Gasteiger partial charge is 0.348 e. The first-order valence-electron chi connectivity index (χ1n) is 7.29. The smallest absolute Gasteiger partial charge is 0.271 e. The summed E-state index contributed by atoms with van der Waals surface area (Å²) in [4.78, 5) is 30.7. The van der Waals surface area contributed by atoms with Crippen LogP contribution in [0.4, 0.5) is 0 Å². The van der Waals surface area contributed by atoms with Crippen molar-refractivity contribution in [3.8, 4) is 0 Å². The number of hydrogen-bond donors (Lipinski definition) is 1. The number of carbonyl (C=O) groups is 1. The number of rotatable bonds is 3. The van der Waals surface area contributed by atoms with Gasteiger partial charge in [0.2, 0.25) is 0 Å². The quantitative estimate of drug-likeness (QED) is 0.804. The van der Waals surface area contributed by atoms with Gasteiger partial charge < -0.3 is 5.32 Å². The number of fused-ring (bicyclic) bond motifs is 1. The van der Waals surface area contributed by atoms with Gasteiger partial charge in [-0.2, -0.15) is 0 Å². The standard InChI is InChI=1S/C17H17N3O2S/c1-10-5-4-6-13(7-10)8-18-15(21)14-9-19-17-20(16(14)22)11(2)12(3)23-17/h4-7,9H,8H2,1-3H3,(H,18,21). The summed E-state index contributed by atoms with van der Waals surface area (Å²) in [6.07, 6.45) is 1.36. The maximum Gasteiger partial charge on any atom is 0.271 e. The van der Waals surface area contributed by atoms with Crippen LogP contribution in [0, 0.1) is 20.8 Å². The third kappa shape index (κ3) is 2.90. The minimum atomic E-state index is -0.401. The van der Waals surface area contributed by atoms with E-state index in [0.29, 0.717) is 11.5 Å². The summed E-state index contributed by atoms with van der Waals surface area (Å²) in [5, 5.41) is 2.79. The molecule has 5 nitrogen and oxygen atoms in total. The van der Waals surface area contributed by atoms with Crippen molar-refractivity contribution in [2.75, 3.05) is 0 Å². The fraction of sp³-hybridized carbons (Fsp3) is 0.235. The highest BCUT2D eigenvalue weighted by Gasteiger charge is 2.16. The molecule has 2 aromatic heterocycles. The minimum absolute atomic E-state index is 0.0658. The van der Waals surface area contributed by atoms with Gasteiger partial charge in [0.25, 0.3) is 11.5 Å². The van der Waals surface area contributed by atoms with Crippen LogP contribution in [0.15, 0.2) is 35.3 Å². The molecule has 0 aliphatic rings. The summed E-state index contributed by atoms with van der Waals surface area (Å²) in [6.45, 7) is 6.17. The Kier molecular flexibility index (Phi) is 4.00. The van der Waals surface area contributed by atoms with Crippen molar-refractivity contribution in [2.24, 2.45) is 0 Å². The van der Waals surface area contributed by atoms with Crippen molar-refractivity contribution >= 4 is 22.2 Å². The molecule has 0 saturated heterocycles. The Hall–Kier alpha value is -2.47. The normalized spacial score (nSPS) is 10.9. The van der Waals surface area contributed by atoms with Crippen molar-refractivity contribution < 1.29 is 4.79 Å². The number of hydrogen-bond acceptors (Lipinski definition) is 4. The number of thiazole rings is 1. The number of aryl methyl sites for hydroxylation is 3. The van der Waals surface area contributed by atoms with Crippen LogP contribution in [-0.2, 0) is 6.54 Å². The summed E-state index contributed by atoms with van der Waals surface area (Å²) in [5.74, 6) is -0.401. The van der Waals surface area contributed by atoms with Crippen LogP contribution in [0.2, 0.25) is 0 Å². The maximum atomic E-state index is 12.5. The third-order valence-electron chi connectivity index (χ3n) is 3.80. The molecule has 23 heavy (non-hydrogen) atoms. The topological polar surface area (TPSA) is 63.5 Å². The van der Waals surface area contributed by atoms with E-state index in [4.69, 9.17) is 0 Å². The molecule has 1 N–H and O–H groups in total. The van der Waals surface area contributed by atoms with E-state index < -0.39 is 5.91 Å². The average molecular weight is 327 g/mol. The van der Waals surface area contributed by atoms with E-state index in [9.17, 15) is 9.59 Å². The number of nitrogens with one attached hydrogen (secondary N) is 1. The number of benzene rings is 1. The second-order valence-corrected chi connectivity index (χ2v) is 6.69. The van der Waals surface area contributed by atoms with E-state index in [0.717, 1.165) is 21.7 Å². The van der Waals surface area contributed by atoms with Crippen LogP contribution in [0.25, 0.3) is 4.96 Å². The molecule has 1 aromatic carbocycles. The highest BCUT2D eigenvalue weighted by atomic mass is 32.1. The van der Waals surface area contributed by atoms with Crippen molar-refractivity contribution in [2.45, 2.75) is 27.3 Å².